The second kappa shape index (κ2) is 6.75. The molecule has 0 heterocycles. The van der Waals surface area contributed by atoms with Crippen LogP contribution in [0.3, 0.4) is 0 Å². The van der Waals surface area contributed by atoms with Crippen LogP contribution in [0, 0.1) is 13.8 Å². The first kappa shape index (κ1) is 15.0. The zero-order chi connectivity index (χ0) is 13.6. The standard InChI is InChI=1S/C13H21NO3S/c1-4-10-18(15,16)14-8-9-17-13-11(2)6-5-7-12(13)3/h5-7,14H,4,8-10H2,1-3H3. The van der Waals surface area contributed by atoms with Gasteiger partial charge in [0.1, 0.15) is 12.4 Å². The lowest BCUT2D eigenvalue weighted by Crippen LogP contribution is -2.30. The minimum Gasteiger partial charge on any atom is -0.492 e. The molecule has 4 nitrogen and oxygen atoms in total. The van der Waals surface area contributed by atoms with E-state index in [2.05, 4.69) is 4.72 Å². The van der Waals surface area contributed by atoms with Crippen LogP contribution >= 0.6 is 0 Å². The molecule has 5 heteroatoms. The highest BCUT2D eigenvalue weighted by atomic mass is 32.2. The van der Waals surface area contributed by atoms with E-state index >= 15 is 0 Å². The molecule has 1 rings (SSSR count). The summed E-state index contributed by atoms with van der Waals surface area (Å²) in [5, 5.41) is 0. The second-order valence-electron chi connectivity index (χ2n) is 4.28. The van der Waals surface area contributed by atoms with Gasteiger partial charge in [-0.2, -0.15) is 0 Å². The maximum absolute atomic E-state index is 11.4. The van der Waals surface area contributed by atoms with E-state index in [4.69, 9.17) is 4.74 Å². The second-order valence-corrected chi connectivity index (χ2v) is 6.21. The van der Waals surface area contributed by atoms with E-state index < -0.39 is 10.0 Å². The topological polar surface area (TPSA) is 55.4 Å². The first-order valence-electron chi connectivity index (χ1n) is 6.12. The third-order valence-electron chi connectivity index (χ3n) is 2.55. The van der Waals surface area contributed by atoms with Gasteiger partial charge in [0, 0.05) is 6.54 Å². The highest BCUT2D eigenvalue weighted by Gasteiger charge is 2.08. The Kier molecular flexibility index (Phi) is 5.62. The van der Waals surface area contributed by atoms with E-state index in [1.807, 2.05) is 39.0 Å². The largest absolute Gasteiger partial charge is 0.492 e. The van der Waals surface area contributed by atoms with Crippen LogP contribution in [0.15, 0.2) is 18.2 Å². The predicted octanol–water partition coefficient (Wildman–Crippen LogP) is 2.01. The maximum Gasteiger partial charge on any atom is 0.211 e. The Labute approximate surface area is 109 Å². The van der Waals surface area contributed by atoms with Gasteiger partial charge in [-0.1, -0.05) is 25.1 Å². The zero-order valence-corrected chi connectivity index (χ0v) is 12.0. The van der Waals surface area contributed by atoms with Crippen LogP contribution in [-0.4, -0.2) is 27.3 Å². The Balaban J connectivity index is 2.43. The van der Waals surface area contributed by atoms with E-state index in [0.29, 0.717) is 19.6 Å². The zero-order valence-electron chi connectivity index (χ0n) is 11.2. The van der Waals surface area contributed by atoms with Gasteiger partial charge in [-0.15, -0.1) is 0 Å². The molecule has 1 N–H and O–H groups in total. The predicted molar refractivity (Wildman–Crippen MR) is 73.5 cm³/mol. The summed E-state index contributed by atoms with van der Waals surface area (Å²) in [5.41, 5.74) is 2.12. The summed E-state index contributed by atoms with van der Waals surface area (Å²) >= 11 is 0. The van der Waals surface area contributed by atoms with E-state index in [1.54, 1.807) is 0 Å². The summed E-state index contributed by atoms with van der Waals surface area (Å²) in [6, 6.07) is 5.93. The molecule has 0 fully saturated rings. The average Bonchev–Trinajstić information content (AvgIpc) is 2.27. The number of hydrogen-bond acceptors (Lipinski definition) is 3. The Morgan fingerprint density at radius 2 is 1.83 bits per heavy atom. The van der Waals surface area contributed by atoms with Crippen LogP contribution in [0.2, 0.25) is 0 Å². The molecule has 0 aliphatic rings. The molecule has 0 saturated carbocycles. The molecular formula is C13H21NO3S. The van der Waals surface area contributed by atoms with Crippen LogP contribution in [0.4, 0.5) is 0 Å². The SMILES string of the molecule is CCCS(=O)(=O)NCCOc1c(C)cccc1C. The van der Waals surface area contributed by atoms with Crippen molar-refractivity contribution in [3.05, 3.63) is 29.3 Å². The molecule has 1 aromatic rings. The van der Waals surface area contributed by atoms with Gasteiger partial charge in [-0.25, -0.2) is 13.1 Å². The van der Waals surface area contributed by atoms with Gasteiger partial charge in [-0.3, -0.25) is 0 Å². The molecule has 18 heavy (non-hydrogen) atoms. The van der Waals surface area contributed by atoms with Crippen LogP contribution in [0.1, 0.15) is 24.5 Å². The van der Waals surface area contributed by atoms with Gasteiger partial charge in [0.25, 0.3) is 0 Å². The number of hydrogen-bond donors (Lipinski definition) is 1. The van der Waals surface area contributed by atoms with Crippen molar-refractivity contribution in [1.29, 1.82) is 0 Å². The number of aryl methyl sites for hydroxylation is 2. The summed E-state index contributed by atoms with van der Waals surface area (Å²) in [5.74, 6) is 1.00. The van der Waals surface area contributed by atoms with E-state index in [1.165, 1.54) is 0 Å². The first-order valence-corrected chi connectivity index (χ1v) is 7.78. The highest BCUT2D eigenvalue weighted by molar-refractivity contribution is 7.89. The van der Waals surface area contributed by atoms with Crippen molar-refractivity contribution in [1.82, 2.24) is 4.72 Å². The van der Waals surface area contributed by atoms with Crippen LogP contribution in [0.5, 0.6) is 5.75 Å². The first-order chi connectivity index (χ1) is 8.46. The monoisotopic (exact) mass is 271 g/mol. The fourth-order valence-corrected chi connectivity index (χ4v) is 2.79. The van der Waals surface area contributed by atoms with Crippen LogP contribution < -0.4 is 9.46 Å². The summed E-state index contributed by atoms with van der Waals surface area (Å²) < 4.78 is 30.9. The highest BCUT2D eigenvalue weighted by Crippen LogP contribution is 2.21. The van der Waals surface area contributed by atoms with Crippen molar-refractivity contribution < 1.29 is 13.2 Å². The third kappa shape index (κ3) is 4.66. The molecule has 0 saturated heterocycles. The Morgan fingerprint density at radius 1 is 1.22 bits per heavy atom. The average molecular weight is 271 g/mol. The molecule has 0 atom stereocenters. The van der Waals surface area contributed by atoms with Gasteiger partial charge < -0.3 is 4.74 Å². The van der Waals surface area contributed by atoms with Gasteiger partial charge in [0.2, 0.25) is 10.0 Å². The van der Waals surface area contributed by atoms with Crippen molar-refractivity contribution in [2.45, 2.75) is 27.2 Å². The molecule has 0 radical (unpaired) electrons. The van der Waals surface area contributed by atoms with Crippen molar-refractivity contribution in [3.63, 3.8) is 0 Å². The Hall–Kier alpha value is -1.07. The molecule has 0 amide bonds. The Morgan fingerprint density at radius 3 is 2.39 bits per heavy atom. The lowest BCUT2D eigenvalue weighted by atomic mass is 10.1. The number of nitrogens with one attached hydrogen (secondary N) is 1. The molecule has 0 aliphatic heterocycles. The van der Waals surface area contributed by atoms with Crippen molar-refractivity contribution in [2.24, 2.45) is 0 Å². The number of ether oxygens (including phenoxy) is 1. The molecule has 0 spiro atoms. The molecule has 0 unspecified atom stereocenters. The minimum absolute atomic E-state index is 0.163. The minimum atomic E-state index is -3.14. The lowest BCUT2D eigenvalue weighted by Gasteiger charge is -2.12. The van der Waals surface area contributed by atoms with E-state index in [9.17, 15) is 8.42 Å². The van der Waals surface area contributed by atoms with E-state index in [-0.39, 0.29) is 5.75 Å². The van der Waals surface area contributed by atoms with Crippen molar-refractivity contribution >= 4 is 10.0 Å². The molecule has 0 bridgehead atoms. The fraction of sp³-hybridized carbons (Fsp3) is 0.538. The summed E-state index contributed by atoms with van der Waals surface area (Å²) in [7, 11) is -3.14. The quantitative estimate of drug-likeness (QED) is 0.772. The molecule has 0 aromatic heterocycles. The molecule has 102 valence electrons. The van der Waals surface area contributed by atoms with Gasteiger partial charge in [0.05, 0.1) is 5.75 Å². The molecule has 0 aliphatic carbocycles. The molecule has 1 aromatic carbocycles. The van der Waals surface area contributed by atoms with Crippen LogP contribution in [0.25, 0.3) is 0 Å². The van der Waals surface area contributed by atoms with Gasteiger partial charge >= 0.3 is 0 Å². The number of benzene rings is 1. The van der Waals surface area contributed by atoms with Gasteiger partial charge in [0.15, 0.2) is 0 Å². The number of para-hydroxylation sites is 1. The smallest absolute Gasteiger partial charge is 0.211 e. The number of sulfonamides is 1. The lowest BCUT2D eigenvalue weighted by molar-refractivity contribution is 0.318. The van der Waals surface area contributed by atoms with E-state index in [0.717, 1.165) is 16.9 Å². The third-order valence-corrected chi connectivity index (χ3v) is 4.14. The van der Waals surface area contributed by atoms with Crippen LogP contribution in [-0.2, 0) is 10.0 Å². The summed E-state index contributed by atoms with van der Waals surface area (Å²) in [6.07, 6.45) is 0.618. The van der Waals surface area contributed by atoms with Crippen molar-refractivity contribution in [2.75, 3.05) is 18.9 Å². The van der Waals surface area contributed by atoms with Gasteiger partial charge in [-0.05, 0) is 31.4 Å². The summed E-state index contributed by atoms with van der Waals surface area (Å²) in [4.78, 5) is 0. The Bertz CT molecular complexity index is 463. The fourth-order valence-electron chi connectivity index (χ4n) is 1.72. The maximum atomic E-state index is 11.4. The molecular weight excluding hydrogens is 250 g/mol. The number of rotatable bonds is 7. The summed E-state index contributed by atoms with van der Waals surface area (Å²) in [6.45, 7) is 6.43. The normalized spacial score (nSPS) is 11.5. The van der Waals surface area contributed by atoms with Crippen molar-refractivity contribution in [3.8, 4) is 5.75 Å².